The van der Waals surface area contributed by atoms with Crippen molar-refractivity contribution in [2.45, 2.75) is 19.7 Å². The molecular weight excluding hydrogens is 221 g/mol. The summed E-state index contributed by atoms with van der Waals surface area (Å²) in [7, 11) is 0. The van der Waals surface area contributed by atoms with Crippen LogP contribution in [-0.4, -0.2) is 24.4 Å². The second kappa shape index (κ2) is 3.84. The molecule has 0 unspecified atom stereocenters. The molecule has 0 spiro atoms. The molecule has 0 atom stereocenters. The summed E-state index contributed by atoms with van der Waals surface area (Å²) in [5, 5.41) is 0. The summed E-state index contributed by atoms with van der Waals surface area (Å²) in [6, 6.07) is 1.61. The van der Waals surface area contributed by atoms with E-state index in [4.69, 9.17) is 0 Å². The van der Waals surface area contributed by atoms with Crippen LogP contribution in [0.15, 0.2) is 12.3 Å². The van der Waals surface area contributed by atoms with Crippen LogP contribution in [0.1, 0.15) is 12.0 Å². The van der Waals surface area contributed by atoms with Crippen molar-refractivity contribution in [1.29, 1.82) is 0 Å². The zero-order valence-electron chi connectivity index (χ0n) is 8.71. The third kappa shape index (κ3) is 2.37. The monoisotopic (exact) mass is 232 g/mol. The van der Waals surface area contributed by atoms with E-state index in [1.54, 1.807) is 13.0 Å². The molecule has 3 nitrogen and oxygen atoms in total. The maximum Gasteiger partial charge on any atom is 0.573 e. The van der Waals surface area contributed by atoms with Crippen molar-refractivity contribution in [3.8, 4) is 5.75 Å². The number of aromatic nitrogens is 1. The Bertz CT molecular complexity index is 388. The van der Waals surface area contributed by atoms with Crippen LogP contribution in [0.4, 0.5) is 19.0 Å². The molecule has 88 valence electrons. The summed E-state index contributed by atoms with van der Waals surface area (Å²) in [6.07, 6.45) is -2.44. The fraction of sp³-hybridized carbons (Fsp3) is 0.500. The molecule has 0 N–H and O–H groups in total. The third-order valence-corrected chi connectivity index (χ3v) is 2.45. The van der Waals surface area contributed by atoms with Gasteiger partial charge in [-0.25, -0.2) is 4.98 Å². The van der Waals surface area contributed by atoms with Gasteiger partial charge in [0.05, 0.1) is 6.20 Å². The molecule has 1 saturated heterocycles. The minimum absolute atomic E-state index is 0.239. The lowest BCUT2D eigenvalue weighted by atomic mass is 10.2. The van der Waals surface area contributed by atoms with Gasteiger partial charge in [0.15, 0.2) is 5.75 Å². The highest BCUT2D eigenvalue weighted by Gasteiger charge is 2.32. The number of pyridine rings is 1. The fourth-order valence-electron chi connectivity index (χ4n) is 1.48. The first kappa shape index (κ1) is 11.0. The molecule has 1 fully saturated rings. The van der Waals surface area contributed by atoms with Crippen molar-refractivity contribution < 1.29 is 17.9 Å². The molecular formula is C10H11F3N2O. The molecule has 0 aromatic carbocycles. The molecule has 0 bridgehead atoms. The van der Waals surface area contributed by atoms with Crippen molar-refractivity contribution in [3.05, 3.63) is 17.8 Å². The Hall–Kier alpha value is -1.46. The van der Waals surface area contributed by atoms with Gasteiger partial charge in [-0.1, -0.05) is 0 Å². The molecule has 0 radical (unpaired) electrons. The number of hydrogen-bond acceptors (Lipinski definition) is 3. The number of halogens is 3. The summed E-state index contributed by atoms with van der Waals surface area (Å²) in [5.41, 5.74) is 0.439. The van der Waals surface area contributed by atoms with Crippen molar-refractivity contribution >= 4 is 5.82 Å². The van der Waals surface area contributed by atoms with E-state index in [1.165, 1.54) is 0 Å². The SMILES string of the molecule is Cc1cc(N2CCC2)ncc1OC(F)(F)F. The summed E-state index contributed by atoms with van der Waals surface area (Å²) in [4.78, 5) is 5.95. The smallest absolute Gasteiger partial charge is 0.404 e. The average Bonchev–Trinajstić information content (AvgIpc) is 2.04. The Kier molecular flexibility index (Phi) is 2.65. The van der Waals surface area contributed by atoms with Crippen LogP contribution in [0.2, 0.25) is 0 Å². The molecule has 16 heavy (non-hydrogen) atoms. The van der Waals surface area contributed by atoms with E-state index in [9.17, 15) is 13.2 Å². The lowest BCUT2D eigenvalue weighted by molar-refractivity contribution is -0.274. The Labute approximate surface area is 90.8 Å². The minimum Gasteiger partial charge on any atom is -0.404 e. The summed E-state index contributed by atoms with van der Waals surface area (Å²) < 4.78 is 39.8. The van der Waals surface area contributed by atoms with E-state index in [0.29, 0.717) is 11.4 Å². The number of anilines is 1. The first-order valence-electron chi connectivity index (χ1n) is 4.93. The molecule has 0 aliphatic carbocycles. The predicted octanol–water partition coefficient (Wildman–Crippen LogP) is 2.50. The third-order valence-electron chi connectivity index (χ3n) is 2.45. The van der Waals surface area contributed by atoms with Gasteiger partial charge < -0.3 is 9.64 Å². The molecule has 2 rings (SSSR count). The maximum absolute atomic E-state index is 12.0. The molecule has 1 aromatic rings. The van der Waals surface area contributed by atoms with Crippen molar-refractivity contribution in [2.75, 3.05) is 18.0 Å². The second-order valence-electron chi connectivity index (χ2n) is 3.70. The minimum atomic E-state index is -4.66. The molecule has 0 saturated carbocycles. The van der Waals surface area contributed by atoms with Crippen LogP contribution in [0, 0.1) is 6.92 Å². The van der Waals surface area contributed by atoms with Crippen molar-refractivity contribution in [2.24, 2.45) is 0 Å². The highest BCUT2D eigenvalue weighted by Crippen LogP contribution is 2.28. The first-order valence-corrected chi connectivity index (χ1v) is 4.93. The Balaban J connectivity index is 2.16. The van der Waals surface area contributed by atoms with Gasteiger partial charge in [0.25, 0.3) is 0 Å². The highest BCUT2D eigenvalue weighted by atomic mass is 19.4. The average molecular weight is 232 g/mol. The first-order chi connectivity index (χ1) is 7.46. The van der Waals surface area contributed by atoms with E-state index in [2.05, 4.69) is 9.72 Å². The predicted molar refractivity (Wildman–Crippen MR) is 52.5 cm³/mol. The quantitative estimate of drug-likeness (QED) is 0.783. The number of nitrogens with zero attached hydrogens (tertiary/aromatic N) is 2. The lowest BCUT2D eigenvalue weighted by Gasteiger charge is -2.32. The van der Waals surface area contributed by atoms with E-state index >= 15 is 0 Å². The van der Waals surface area contributed by atoms with E-state index in [-0.39, 0.29) is 5.75 Å². The van der Waals surface area contributed by atoms with Gasteiger partial charge in [-0.15, -0.1) is 13.2 Å². The van der Waals surface area contributed by atoms with Crippen LogP contribution in [-0.2, 0) is 0 Å². The van der Waals surface area contributed by atoms with Crippen LogP contribution in [0.5, 0.6) is 5.75 Å². The summed E-state index contributed by atoms with van der Waals surface area (Å²) in [6.45, 7) is 3.39. The van der Waals surface area contributed by atoms with Gasteiger partial charge in [0.2, 0.25) is 0 Å². The van der Waals surface area contributed by atoms with Gasteiger partial charge in [-0.05, 0) is 25.0 Å². The Morgan fingerprint density at radius 2 is 2.06 bits per heavy atom. The molecule has 2 heterocycles. The fourth-order valence-corrected chi connectivity index (χ4v) is 1.48. The van der Waals surface area contributed by atoms with Gasteiger partial charge >= 0.3 is 6.36 Å². The number of rotatable bonds is 2. The Morgan fingerprint density at radius 1 is 1.38 bits per heavy atom. The van der Waals surface area contributed by atoms with Gasteiger partial charge in [-0.3, -0.25) is 0 Å². The number of alkyl halides is 3. The van der Waals surface area contributed by atoms with Crippen LogP contribution >= 0.6 is 0 Å². The Morgan fingerprint density at radius 3 is 2.50 bits per heavy atom. The largest absolute Gasteiger partial charge is 0.573 e. The number of aryl methyl sites for hydroxylation is 1. The zero-order valence-corrected chi connectivity index (χ0v) is 8.71. The van der Waals surface area contributed by atoms with E-state index in [0.717, 1.165) is 25.7 Å². The molecule has 0 amide bonds. The topological polar surface area (TPSA) is 25.4 Å². The van der Waals surface area contributed by atoms with Crippen LogP contribution in [0.3, 0.4) is 0 Å². The summed E-state index contributed by atoms with van der Waals surface area (Å²) in [5.74, 6) is 0.468. The standard InChI is InChI=1S/C10H11F3N2O/c1-7-5-9(15-3-2-4-15)14-6-8(7)16-10(11,12)13/h5-6H,2-4H2,1H3. The molecule has 6 heteroatoms. The number of ether oxygens (including phenoxy) is 1. The van der Waals surface area contributed by atoms with Gasteiger partial charge in [0.1, 0.15) is 5.82 Å². The van der Waals surface area contributed by atoms with Crippen LogP contribution < -0.4 is 9.64 Å². The van der Waals surface area contributed by atoms with Crippen molar-refractivity contribution in [1.82, 2.24) is 4.98 Å². The lowest BCUT2D eigenvalue weighted by Crippen LogP contribution is -2.37. The maximum atomic E-state index is 12.0. The van der Waals surface area contributed by atoms with E-state index in [1.807, 2.05) is 4.90 Å². The van der Waals surface area contributed by atoms with Crippen molar-refractivity contribution in [3.63, 3.8) is 0 Å². The van der Waals surface area contributed by atoms with Gasteiger partial charge in [-0.2, -0.15) is 0 Å². The molecule has 1 aromatic heterocycles. The highest BCUT2D eigenvalue weighted by molar-refractivity contribution is 5.47. The van der Waals surface area contributed by atoms with E-state index < -0.39 is 6.36 Å². The van der Waals surface area contributed by atoms with Gasteiger partial charge in [0, 0.05) is 13.1 Å². The zero-order chi connectivity index (χ0) is 11.8. The number of hydrogen-bond donors (Lipinski definition) is 0. The summed E-state index contributed by atoms with van der Waals surface area (Å²) >= 11 is 0. The molecule has 1 aliphatic heterocycles. The normalized spacial score (nSPS) is 15.9. The second-order valence-corrected chi connectivity index (χ2v) is 3.70. The van der Waals surface area contributed by atoms with Crippen LogP contribution in [0.25, 0.3) is 0 Å². The molecule has 1 aliphatic rings.